The Balaban J connectivity index is 1.32. The summed E-state index contributed by atoms with van der Waals surface area (Å²) in [7, 11) is 1.58. The van der Waals surface area contributed by atoms with Crippen LogP contribution in [0.3, 0.4) is 0 Å². The largest absolute Gasteiger partial charge is 0.496 e. The lowest BCUT2D eigenvalue weighted by Gasteiger charge is -2.44. The number of carbonyl (C=O) groups excluding carboxylic acids is 3. The van der Waals surface area contributed by atoms with Gasteiger partial charge in [0.2, 0.25) is 5.91 Å². The Bertz CT molecular complexity index is 1310. The van der Waals surface area contributed by atoms with Crippen LogP contribution in [-0.4, -0.2) is 53.3 Å². The Labute approximate surface area is 196 Å². The van der Waals surface area contributed by atoms with Crippen LogP contribution in [0.25, 0.3) is 10.9 Å². The van der Waals surface area contributed by atoms with E-state index in [0.29, 0.717) is 59.9 Å². The van der Waals surface area contributed by atoms with Crippen molar-refractivity contribution in [1.29, 1.82) is 0 Å². The number of hydrogen-bond donors (Lipinski definition) is 1. The van der Waals surface area contributed by atoms with Crippen LogP contribution in [-0.2, 0) is 4.79 Å². The summed E-state index contributed by atoms with van der Waals surface area (Å²) in [5, 5.41) is 3.55. The molecule has 1 fully saturated rings. The first kappa shape index (κ1) is 21.9. The van der Waals surface area contributed by atoms with Gasteiger partial charge in [0.15, 0.2) is 5.78 Å². The molecular weight excluding hydrogens is 434 g/mol. The molecule has 2 aromatic carbocycles. The number of anilines is 1. The van der Waals surface area contributed by atoms with Crippen molar-refractivity contribution in [2.45, 2.75) is 31.8 Å². The number of pyridine rings is 1. The van der Waals surface area contributed by atoms with Crippen LogP contribution in [0.1, 0.15) is 47.0 Å². The van der Waals surface area contributed by atoms with Gasteiger partial charge in [0, 0.05) is 50.0 Å². The summed E-state index contributed by atoms with van der Waals surface area (Å²) >= 11 is 0. The topological polar surface area (TPSA) is 97.8 Å². The molecule has 3 heterocycles. The zero-order valence-corrected chi connectivity index (χ0v) is 19.1. The van der Waals surface area contributed by atoms with Crippen molar-refractivity contribution in [3.8, 4) is 11.5 Å². The average molecular weight is 460 g/mol. The molecule has 2 aliphatic rings. The molecule has 0 atom stereocenters. The Morgan fingerprint density at radius 1 is 1.12 bits per heavy atom. The molecule has 0 saturated carbocycles. The Morgan fingerprint density at radius 2 is 1.88 bits per heavy atom. The molecule has 1 spiro atoms. The standard InChI is InChI=1S/C26H25N3O5/c1-16(30)27-17-7-8-23-19(13-17)22(31)15-26(34-23)9-11-29(12-10-26)25(32)21-14-24(33-2)18-5-3-4-6-20(18)28-21/h3-8,13-14H,9-12,15H2,1-2H3,(H,27,30). The number of amides is 2. The Kier molecular flexibility index (Phi) is 5.43. The Morgan fingerprint density at radius 3 is 2.62 bits per heavy atom. The molecule has 3 aromatic rings. The first-order chi connectivity index (χ1) is 16.4. The zero-order valence-electron chi connectivity index (χ0n) is 19.1. The molecule has 5 rings (SSSR count). The van der Waals surface area contributed by atoms with Crippen LogP contribution >= 0.6 is 0 Å². The molecule has 1 saturated heterocycles. The second kappa shape index (κ2) is 8.44. The number of ketones is 1. The zero-order chi connectivity index (χ0) is 23.9. The van der Waals surface area contributed by atoms with Crippen LogP contribution in [0.2, 0.25) is 0 Å². The van der Waals surface area contributed by atoms with E-state index < -0.39 is 5.60 Å². The van der Waals surface area contributed by atoms with Gasteiger partial charge in [0.1, 0.15) is 22.8 Å². The van der Waals surface area contributed by atoms with Crippen molar-refractivity contribution in [2.75, 3.05) is 25.5 Å². The van der Waals surface area contributed by atoms with E-state index in [1.807, 2.05) is 24.3 Å². The van der Waals surface area contributed by atoms with E-state index in [0.717, 1.165) is 5.39 Å². The first-order valence-electron chi connectivity index (χ1n) is 11.2. The molecule has 8 nitrogen and oxygen atoms in total. The van der Waals surface area contributed by atoms with Gasteiger partial charge in [-0.1, -0.05) is 12.1 Å². The number of Topliss-reactive ketones (excluding diaryl/α,β-unsaturated/α-hetero) is 1. The van der Waals surface area contributed by atoms with Crippen molar-refractivity contribution >= 4 is 34.2 Å². The summed E-state index contributed by atoms with van der Waals surface area (Å²) in [6.45, 7) is 2.34. The lowest BCUT2D eigenvalue weighted by Crippen LogP contribution is -2.52. The molecule has 2 aliphatic heterocycles. The third-order valence-electron chi connectivity index (χ3n) is 6.49. The van der Waals surface area contributed by atoms with E-state index in [2.05, 4.69) is 10.3 Å². The number of aromatic nitrogens is 1. The summed E-state index contributed by atoms with van der Waals surface area (Å²) < 4.78 is 11.8. The number of methoxy groups -OCH3 is 1. The fourth-order valence-electron chi connectivity index (χ4n) is 4.76. The normalized spacial score (nSPS) is 16.6. The second-order valence-electron chi connectivity index (χ2n) is 8.80. The maximum absolute atomic E-state index is 13.2. The first-order valence-corrected chi connectivity index (χ1v) is 11.2. The molecule has 0 bridgehead atoms. The third kappa shape index (κ3) is 3.96. The lowest BCUT2D eigenvalue weighted by molar-refractivity contribution is -0.114. The number of piperidine rings is 1. The Hall–Kier alpha value is -3.94. The third-order valence-corrected chi connectivity index (χ3v) is 6.49. The highest BCUT2D eigenvalue weighted by molar-refractivity contribution is 6.02. The van der Waals surface area contributed by atoms with Crippen molar-refractivity contribution in [1.82, 2.24) is 9.88 Å². The van der Waals surface area contributed by atoms with Crippen LogP contribution in [0.15, 0.2) is 48.5 Å². The molecule has 1 aromatic heterocycles. The fourth-order valence-corrected chi connectivity index (χ4v) is 4.76. The minimum atomic E-state index is -0.634. The molecule has 34 heavy (non-hydrogen) atoms. The number of hydrogen-bond acceptors (Lipinski definition) is 6. The summed E-state index contributed by atoms with van der Waals surface area (Å²) in [5.74, 6) is 0.747. The van der Waals surface area contributed by atoms with E-state index in [1.165, 1.54) is 6.92 Å². The predicted octanol–water partition coefficient (Wildman–Crippen LogP) is 3.84. The van der Waals surface area contributed by atoms with Crippen molar-refractivity contribution in [3.05, 3.63) is 59.8 Å². The number of rotatable bonds is 3. The van der Waals surface area contributed by atoms with E-state index in [4.69, 9.17) is 9.47 Å². The number of ether oxygens (including phenoxy) is 2. The molecule has 2 amide bonds. The van der Waals surface area contributed by atoms with Gasteiger partial charge in [-0.2, -0.15) is 0 Å². The average Bonchev–Trinajstić information content (AvgIpc) is 2.83. The summed E-state index contributed by atoms with van der Waals surface area (Å²) in [6, 6.07) is 14.3. The van der Waals surface area contributed by atoms with Crippen LogP contribution in [0, 0.1) is 0 Å². The monoisotopic (exact) mass is 459 g/mol. The molecule has 8 heteroatoms. The van der Waals surface area contributed by atoms with Crippen molar-refractivity contribution in [3.63, 3.8) is 0 Å². The van der Waals surface area contributed by atoms with Crippen LogP contribution in [0.5, 0.6) is 11.5 Å². The predicted molar refractivity (Wildman–Crippen MR) is 126 cm³/mol. The number of fused-ring (bicyclic) bond motifs is 2. The van der Waals surface area contributed by atoms with Crippen LogP contribution < -0.4 is 14.8 Å². The van der Waals surface area contributed by atoms with Gasteiger partial charge in [-0.15, -0.1) is 0 Å². The maximum atomic E-state index is 13.2. The molecule has 1 N–H and O–H groups in total. The van der Waals surface area contributed by atoms with Gasteiger partial charge >= 0.3 is 0 Å². The van der Waals surface area contributed by atoms with Crippen LogP contribution in [0.4, 0.5) is 5.69 Å². The minimum Gasteiger partial charge on any atom is -0.496 e. The lowest BCUT2D eigenvalue weighted by atomic mass is 9.82. The number of benzene rings is 2. The van der Waals surface area contributed by atoms with Gasteiger partial charge < -0.3 is 19.7 Å². The van der Waals surface area contributed by atoms with Crippen molar-refractivity contribution in [2.24, 2.45) is 0 Å². The number of nitrogens with zero attached hydrogens (tertiary/aromatic N) is 2. The number of likely N-dealkylation sites (tertiary alicyclic amines) is 1. The quantitative estimate of drug-likeness (QED) is 0.639. The second-order valence-corrected chi connectivity index (χ2v) is 8.80. The number of carbonyl (C=O) groups is 3. The smallest absolute Gasteiger partial charge is 0.272 e. The summed E-state index contributed by atoms with van der Waals surface area (Å²) in [5.41, 5.74) is 1.45. The van der Waals surface area contributed by atoms with Gasteiger partial charge in [-0.25, -0.2) is 4.98 Å². The van der Waals surface area contributed by atoms with E-state index in [9.17, 15) is 14.4 Å². The van der Waals surface area contributed by atoms with E-state index in [-0.39, 0.29) is 24.0 Å². The molecule has 0 unspecified atom stereocenters. The molecule has 174 valence electrons. The SMILES string of the molecule is COc1cc(C(=O)N2CCC3(CC2)CC(=O)c2cc(NC(C)=O)ccc2O3)nc2ccccc12. The van der Waals surface area contributed by atoms with E-state index in [1.54, 1.807) is 36.3 Å². The van der Waals surface area contributed by atoms with Gasteiger partial charge in [-0.3, -0.25) is 14.4 Å². The van der Waals surface area contributed by atoms with Crippen molar-refractivity contribution < 1.29 is 23.9 Å². The highest BCUT2D eigenvalue weighted by atomic mass is 16.5. The van der Waals surface area contributed by atoms with Gasteiger partial charge in [-0.05, 0) is 30.3 Å². The van der Waals surface area contributed by atoms with E-state index >= 15 is 0 Å². The molecular formula is C26H25N3O5. The summed E-state index contributed by atoms with van der Waals surface area (Å²) in [4.78, 5) is 43.8. The molecule has 0 aliphatic carbocycles. The summed E-state index contributed by atoms with van der Waals surface area (Å²) in [6.07, 6.45) is 1.33. The van der Waals surface area contributed by atoms with Gasteiger partial charge in [0.05, 0.1) is 24.6 Å². The number of para-hydroxylation sites is 1. The molecule has 0 radical (unpaired) electrons. The highest BCUT2D eigenvalue weighted by Crippen LogP contribution is 2.40. The fraction of sp³-hybridized carbons (Fsp3) is 0.308. The number of nitrogens with one attached hydrogen (secondary N) is 1. The van der Waals surface area contributed by atoms with Gasteiger partial charge in [0.25, 0.3) is 5.91 Å². The minimum absolute atomic E-state index is 0.0193. The maximum Gasteiger partial charge on any atom is 0.272 e. The highest BCUT2D eigenvalue weighted by Gasteiger charge is 2.44.